The van der Waals surface area contributed by atoms with Crippen LogP contribution in [-0.2, 0) is 19.0 Å². The van der Waals surface area contributed by atoms with Crippen molar-refractivity contribution in [2.75, 3.05) is 20.1 Å². The molecule has 0 spiro atoms. The lowest BCUT2D eigenvalue weighted by atomic mass is 9.63. The van der Waals surface area contributed by atoms with Crippen molar-refractivity contribution >= 4 is 23.6 Å². The average molecular weight is 436 g/mol. The van der Waals surface area contributed by atoms with Crippen molar-refractivity contribution in [3.63, 3.8) is 0 Å². The van der Waals surface area contributed by atoms with Crippen LogP contribution in [0, 0.1) is 5.92 Å². The first-order valence-electron chi connectivity index (χ1n) is 9.66. The Balaban J connectivity index is 3.22. The molecular weight excluding hydrogens is 402 g/mol. The maximum Gasteiger partial charge on any atom is 0.414 e. The number of carbonyl (C=O) groups excluding carboxylic acids is 2. The van der Waals surface area contributed by atoms with Gasteiger partial charge >= 0.3 is 6.09 Å². The van der Waals surface area contributed by atoms with E-state index in [1.165, 1.54) is 14.2 Å². The Morgan fingerprint density at radius 3 is 2.45 bits per heavy atom. The molecule has 0 aliphatic heterocycles. The van der Waals surface area contributed by atoms with Gasteiger partial charge in [0.05, 0.1) is 6.10 Å². The minimum absolute atomic E-state index is 0.159. The number of carbonyl (C=O) groups is 2. The van der Waals surface area contributed by atoms with E-state index in [2.05, 4.69) is 0 Å². The van der Waals surface area contributed by atoms with E-state index in [0.717, 1.165) is 5.57 Å². The van der Waals surface area contributed by atoms with Gasteiger partial charge < -0.3 is 24.4 Å². The zero-order valence-corrected chi connectivity index (χ0v) is 18.8. The van der Waals surface area contributed by atoms with Crippen LogP contribution >= 0.6 is 11.6 Å². The fourth-order valence-electron chi connectivity index (χ4n) is 3.94. The fourth-order valence-corrected chi connectivity index (χ4v) is 4.01. The lowest BCUT2D eigenvalue weighted by Crippen LogP contribution is -2.74. The molecule has 1 rings (SSSR count). The number of ether oxygens (including phenoxy) is 3. The molecular formula is C20H34ClNO7. The maximum absolute atomic E-state index is 12.0. The molecule has 2 amide bonds. The molecule has 0 aromatic heterocycles. The standard InChI is InChI=1S/C20H34ClNO7/c1-12(2)7-8-13(3)19(4,28-6)20(26)15(23)10-9-14(17(20)27-5)29-18(25)22-16(24)11-21/h7,13-15,17,23,26H,8-11H2,1-6H3,(H,22,24,25)/t13?,14-,15-,17-,19+,20+/m1/s1. The Morgan fingerprint density at radius 2 is 1.97 bits per heavy atom. The average Bonchev–Trinajstić information content (AvgIpc) is 2.67. The number of amides is 2. The normalized spacial score (nSPS) is 30.0. The van der Waals surface area contributed by atoms with Crippen molar-refractivity contribution in [3.8, 4) is 0 Å². The molecule has 0 bridgehead atoms. The highest BCUT2D eigenvalue weighted by atomic mass is 35.5. The van der Waals surface area contributed by atoms with Crippen molar-refractivity contribution in [3.05, 3.63) is 11.6 Å². The van der Waals surface area contributed by atoms with Crippen LogP contribution in [0.5, 0.6) is 0 Å². The number of halogens is 1. The molecule has 6 atom stereocenters. The van der Waals surface area contributed by atoms with Crippen molar-refractivity contribution < 1.29 is 34.0 Å². The highest BCUT2D eigenvalue weighted by Gasteiger charge is 2.64. The number of hydrogen-bond donors (Lipinski definition) is 3. The summed E-state index contributed by atoms with van der Waals surface area (Å²) in [4.78, 5) is 23.3. The van der Waals surface area contributed by atoms with Crippen LogP contribution in [0.4, 0.5) is 4.79 Å². The van der Waals surface area contributed by atoms with Crippen molar-refractivity contribution in [1.29, 1.82) is 0 Å². The highest BCUT2D eigenvalue weighted by Crippen LogP contribution is 2.46. The number of methoxy groups -OCH3 is 2. The predicted octanol–water partition coefficient (Wildman–Crippen LogP) is 2.14. The van der Waals surface area contributed by atoms with Crippen LogP contribution in [0.2, 0.25) is 0 Å². The van der Waals surface area contributed by atoms with Gasteiger partial charge in [-0.25, -0.2) is 4.79 Å². The summed E-state index contributed by atoms with van der Waals surface area (Å²) in [5, 5.41) is 24.5. The molecule has 1 fully saturated rings. The molecule has 29 heavy (non-hydrogen) atoms. The summed E-state index contributed by atoms with van der Waals surface area (Å²) in [6.45, 7) is 7.58. The number of nitrogens with one attached hydrogen (secondary N) is 1. The Hall–Kier alpha value is -1.19. The molecule has 9 heteroatoms. The second-order valence-corrected chi connectivity index (χ2v) is 8.20. The molecule has 8 nitrogen and oxygen atoms in total. The Bertz CT molecular complexity index is 610. The lowest BCUT2D eigenvalue weighted by molar-refractivity contribution is -0.296. The third-order valence-electron chi connectivity index (χ3n) is 5.92. The van der Waals surface area contributed by atoms with Crippen LogP contribution in [0.15, 0.2) is 11.6 Å². The van der Waals surface area contributed by atoms with E-state index >= 15 is 0 Å². The monoisotopic (exact) mass is 435 g/mol. The first-order valence-corrected chi connectivity index (χ1v) is 10.2. The quantitative estimate of drug-likeness (QED) is 0.395. The zero-order chi connectivity index (χ0) is 22.4. The summed E-state index contributed by atoms with van der Waals surface area (Å²) in [6, 6.07) is 0. The number of aliphatic hydroxyl groups excluding tert-OH is 1. The largest absolute Gasteiger partial charge is 0.443 e. The van der Waals surface area contributed by atoms with E-state index in [1.54, 1.807) is 6.92 Å². The molecule has 1 aliphatic rings. The fraction of sp³-hybridized carbons (Fsp3) is 0.800. The van der Waals surface area contributed by atoms with E-state index in [-0.39, 0.29) is 24.6 Å². The summed E-state index contributed by atoms with van der Waals surface area (Å²) in [5.41, 5.74) is -1.97. The molecule has 0 saturated heterocycles. The van der Waals surface area contributed by atoms with Crippen LogP contribution in [0.1, 0.15) is 47.0 Å². The molecule has 0 aromatic rings. The van der Waals surface area contributed by atoms with Crippen LogP contribution < -0.4 is 5.32 Å². The summed E-state index contributed by atoms with van der Waals surface area (Å²) >= 11 is 5.39. The molecule has 3 N–H and O–H groups in total. The van der Waals surface area contributed by atoms with Gasteiger partial charge in [0.25, 0.3) is 0 Å². The summed E-state index contributed by atoms with van der Waals surface area (Å²) in [7, 11) is 2.83. The van der Waals surface area contributed by atoms with Crippen LogP contribution in [-0.4, -0.2) is 71.8 Å². The number of imide groups is 1. The van der Waals surface area contributed by atoms with E-state index in [4.69, 9.17) is 25.8 Å². The minimum atomic E-state index is -1.87. The molecule has 1 aliphatic carbocycles. The van der Waals surface area contributed by atoms with Crippen molar-refractivity contribution in [2.24, 2.45) is 5.92 Å². The van der Waals surface area contributed by atoms with Crippen LogP contribution in [0.3, 0.4) is 0 Å². The minimum Gasteiger partial charge on any atom is -0.443 e. The van der Waals surface area contributed by atoms with Gasteiger partial charge in [-0.3, -0.25) is 10.1 Å². The van der Waals surface area contributed by atoms with Gasteiger partial charge in [-0.1, -0.05) is 18.6 Å². The molecule has 168 valence electrons. The van der Waals surface area contributed by atoms with E-state index in [0.29, 0.717) is 6.42 Å². The van der Waals surface area contributed by atoms with Crippen molar-refractivity contribution in [2.45, 2.75) is 76.5 Å². The van der Waals surface area contributed by atoms with Gasteiger partial charge in [0.2, 0.25) is 5.91 Å². The van der Waals surface area contributed by atoms with Crippen molar-refractivity contribution in [1.82, 2.24) is 5.32 Å². The lowest BCUT2D eigenvalue weighted by Gasteiger charge is -2.56. The molecule has 1 unspecified atom stereocenters. The van der Waals surface area contributed by atoms with Gasteiger partial charge in [0.15, 0.2) is 0 Å². The third-order valence-corrected chi connectivity index (χ3v) is 6.16. The van der Waals surface area contributed by atoms with Gasteiger partial charge in [0, 0.05) is 14.2 Å². The number of alkyl carbamates (subject to hydrolysis) is 1. The Labute approximate surface area is 177 Å². The number of allylic oxidation sites excluding steroid dienone is 2. The van der Waals surface area contributed by atoms with Crippen LogP contribution in [0.25, 0.3) is 0 Å². The third kappa shape index (κ3) is 5.49. The van der Waals surface area contributed by atoms with E-state index < -0.39 is 41.5 Å². The predicted molar refractivity (Wildman–Crippen MR) is 109 cm³/mol. The summed E-state index contributed by atoms with van der Waals surface area (Å²) < 4.78 is 16.6. The topological polar surface area (TPSA) is 114 Å². The summed E-state index contributed by atoms with van der Waals surface area (Å²) in [6.07, 6.45) is -1.10. The first kappa shape index (κ1) is 25.8. The smallest absolute Gasteiger partial charge is 0.414 e. The summed E-state index contributed by atoms with van der Waals surface area (Å²) in [5.74, 6) is -1.29. The molecule has 0 aromatic carbocycles. The number of alkyl halides is 1. The second kappa shape index (κ2) is 10.7. The van der Waals surface area contributed by atoms with Gasteiger partial charge in [-0.2, -0.15) is 0 Å². The zero-order valence-electron chi connectivity index (χ0n) is 18.0. The highest BCUT2D eigenvalue weighted by molar-refractivity contribution is 6.28. The molecule has 0 heterocycles. The second-order valence-electron chi connectivity index (χ2n) is 7.93. The SMILES string of the molecule is CO[C@@H]1[C@H](OC(=O)NC(=O)CCl)CC[C@@H](O)[C@@]1(O)[C@@](C)(OC)C(C)CC=C(C)C. The first-order chi connectivity index (χ1) is 13.5. The van der Waals surface area contributed by atoms with Gasteiger partial charge in [-0.15, -0.1) is 11.6 Å². The van der Waals surface area contributed by atoms with Gasteiger partial charge in [-0.05, 0) is 46.0 Å². The Morgan fingerprint density at radius 1 is 1.34 bits per heavy atom. The maximum atomic E-state index is 12.0. The number of rotatable bonds is 8. The van der Waals surface area contributed by atoms with E-state index in [1.807, 2.05) is 32.2 Å². The Kier molecular flexibility index (Phi) is 9.56. The van der Waals surface area contributed by atoms with Gasteiger partial charge in [0.1, 0.15) is 29.3 Å². The number of aliphatic hydroxyl groups is 2. The number of hydrogen-bond acceptors (Lipinski definition) is 7. The van der Waals surface area contributed by atoms with E-state index in [9.17, 15) is 19.8 Å². The molecule has 0 radical (unpaired) electrons. The molecule has 1 saturated carbocycles.